The van der Waals surface area contributed by atoms with E-state index in [9.17, 15) is 0 Å². The Bertz CT molecular complexity index is 833. The zero-order valence-corrected chi connectivity index (χ0v) is 18.6. The van der Waals surface area contributed by atoms with Crippen LogP contribution in [0.1, 0.15) is 94.1 Å². The zero-order chi connectivity index (χ0) is 19.6. The van der Waals surface area contributed by atoms with Crippen LogP contribution in [0.4, 0.5) is 0 Å². The van der Waals surface area contributed by atoms with E-state index in [4.69, 9.17) is 4.74 Å². The van der Waals surface area contributed by atoms with Crippen molar-refractivity contribution < 1.29 is 4.74 Å². The summed E-state index contributed by atoms with van der Waals surface area (Å²) in [5, 5.41) is 0. The van der Waals surface area contributed by atoms with E-state index in [-0.39, 0.29) is 0 Å². The van der Waals surface area contributed by atoms with Gasteiger partial charge in [0.2, 0.25) is 0 Å². The fraction of sp³-hybridized carbons (Fsp3) is 0.793. The first-order chi connectivity index (χ1) is 14.6. The van der Waals surface area contributed by atoms with Crippen LogP contribution in [0.25, 0.3) is 0 Å². The molecule has 8 aliphatic carbocycles. The van der Waals surface area contributed by atoms with Gasteiger partial charge in [0, 0.05) is 5.92 Å². The zero-order valence-electron chi connectivity index (χ0n) is 18.6. The van der Waals surface area contributed by atoms with Crippen molar-refractivity contribution in [1.82, 2.24) is 0 Å². The van der Waals surface area contributed by atoms with Gasteiger partial charge in [-0.05, 0) is 134 Å². The maximum Gasteiger partial charge on any atom is 0.0719 e. The van der Waals surface area contributed by atoms with Crippen molar-refractivity contribution in [1.29, 1.82) is 0 Å². The maximum absolute atomic E-state index is 6.28. The minimum Gasteiger partial charge on any atom is -0.376 e. The molecule has 1 aromatic rings. The summed E-state index contributed by atoms with van der Waals surface area (Å²) < 4.78 is 6.28. The Kier molecular flexibility index (Phi) is 3.39. The standard InChI is InChI=1S/C29H38O/c1-2-4-25-24(3-1)16-30-17-26(25)27-9-22-8-23(10-27)15-29(14-22,18-27)28-11-19-5-20(12-28)7-21(6-19)13-28/h1-4,19-23,26H,5-18H2. The molecule has 1 aromatic carbocycles. The van der Waals surface area contributed by atoms with Crippen molar-refractivity contribution >= 4 is 0 Å². The quantitative estimate of drug-likeness (QED) is 0.512. The topological polar surface area (TPSA) is 9.23 Å². The van der Waals surface area contributed by atoms with Crippen LogP contribution in [0, 0.1) is 45.8 Å². The molecule has 10 rings (SSSR count). The van der Waals surface area contributed by atoms with Gasteiger partial charge in [-0.3, -0.25) is 0 Å². The summed E-state index contributed by atoms with van der Waals surface area (Å²) in [4.78, 5) is 0. The van der Waals surface area contributed by atoms with E-state index in [1.165, 1.54) is 18.4 Å². The minimum absolute atomic E-state index is 0.546. The largest absolute Gasteiger partial charge is 0.376 e. The first-order valence-electron chi connectivity index (χ1n) is 13.3. The van der Waals surface area contributed by atoms with Gasteiger partial charge in [-0.2, -0.15) is 0 Å². The van der Waals surface area contributed by atoms with Crippen LogP contribution in [0.2, 0.25) is 0 Å². The van der Waals surface area contributed by atoms with Gasteiger partial charge in [0.1, 0.15) is 0 Å². The summed E-state index contributed by atoms with van der Waals surface area (Å²) >= 11 is 0. The van der Waals surface area contributed by atoms with Gasteiger partial charge in [-0.1, -0.05) is 24.3 Å². The molecule has 0 spiro atoms. The minimum atomic E-state index is 0.546. The van der Waals surface area contributed by atoms with Crippen molar-refractivity contribution in [2.45, 2.75) is 89.6 Å². The summed E-state index contributed by atoms with van der Waals surface area (Å²) in [6.45, 7) is 1.84. The van der Waals surface area contributed by atoms with Crippen LogP contribution in [0.15, 0.2) is 24.3 Å². The molecule has 9 aliphatic rings. The van der Waals surface area contributed by atoms with E-state index >= 15 is 0 Å². The molecular weight excluding hydrogens is 364 g/mol. The summed E-state index contributed by atoms with van der Waals surface area (Å²) in [7, 11) is 0. The number of fused-ring (bicyclic) bond motifs is 1. The van der Waals surface area contributed by atoms with Crippen molar-refractivity contribution in [3.05, 3.63) is 35.4 Å². The lowest BCUT2D eigenvalue weighted by Gasteiger charge is -2.73. The molecule has 0 radical (unpaired) electrons. The number of rotatable bonds is 2. The van der Waals surface area contributed by atoms with Crippen LogP contribution in [-0.2, 0) is 11.3 Å². The lowest BCUT2D eigenvalue weighted by atomic mass is 9.32. The van der Waals surface area contributed by atoms with Crippen LogP contribution in [0.5, 0.6) is 0 Å². The Balaban J connectivity index is 1.23. The Morgan fingerprint density at radius 3 is 1.97 bits per heavy atom. The summed E-state index contributed by atoms with van der Waals surface area (Å²) in [5.74, 6) is 6.00. The van der Waals surface area contributed by atoms with E-state index in [0.29, 0.717) is 16.7 Å². The number of hydrogen-bond donors (Lipinski definition) is 0. The molecular formula is C29H38O. The van der Waals surface area contributed by atoms with Crippen LogP contribution in [0.3, 0.4) is 0 Å². The predicted molar refractivity (Wildman–Crippen MR) is 119 cm³/mol. The number of hydrogen-bond acceptors (Lipinski definition) is 1. The van der Waals surface area contributed by atoms with Crippen LogP contribution < -0.4 is 0 Å². The molecule has 1 heterocycles. The summed E-state index contributed by atoms with van der Waals surface area (Å²) in [5.41, 5.74) is 5.14. The molecule has 1 aliphatic heterocycles. The average Bonchev–Trinajstić information content (AvgIpc) is 2.71. The molecule has 8 saturated carbocycles. The van der Waals surface area contributed by atoms with Crippen molar-refractivity contribution in [2.24, 2.45) is 45.8 Å². The predicted octanol–water partition coefficient (Wildman–Crippen LogP) is 7.10. The van der Waals surface area contributed by atoms with Gasteiger partial charge in [0.15, 0.2) is 0 Å². The number of benzene rings is 1. The Morgan fingerprint density at radius 1 is 0.667 bits per heavy atom. The third-order valence-corrected chi connectivity index (χ3v) is 12.0. The molecule has 0 saturated heterocycles. The van der Waals surface area contributed by atoms with E-state index in [0.717, 1.165) is 48.2 Å². The molecule has 30 heavy (non-hydrogen) atoms. The highest BCUT2D eigenvalue weighted by Gasteiger charge is 2.68. The van der Waals surface area contributed by atoms with E-state index in [1.807, 2.05) is 0 Å². The Morgan fingerprint density at radius 2 is 1.27 bits per heavy atom. The molecule has 3 unspecified atom stereocenters. The van der Waals surface area contributed by atoms with Gasteiger partial charge in [-0.25, -0.2) is 0 Å². The summed E-state index contributed by atoms with van der Waals surface area (Å²) in [6.07, 6.45) is 19.0. The molecule has 8 fully saturated rings. The molecule has 0 N–H and O–H groups in total. The lowest BCUT2D eigenvalue weighted by Crippen LogP contribution is -2.64. The summed E-state index contributed by atoms with van der Waals surface area (Å²) in [6, 6.07) is 9.34. The van der Waals surface area contributed by atoms with E-state index in [1.54, 1.807) is 69.8 Å². The third kappa shape index (κ3) is 2.19. The number of ether oxygens (including phenoxy) is 1. The molecule has 8 bridgehead atoms. The van der Waals surface area contributed by atoms with Gasteiger partial charge in [0.25, 0.3) is 0 Å². The first kappa shape index (κ1) is 17.7. The van der Waals surface area contributed by atoms with E-state index in [2.05, 4.69) is 24.3 Å². The SMILES string of the molecule is c1ccc2c(c1)COCC2C12CC3CC(C1)CC(C14CC5CC(CC(C5)C1)C4)(C3)C2. The van der Waals surface area contributed by atoms with E-state index < -0.39 is 0 Å². The van der Waals surface area contributed by atoms with Crippen LogP contribution in [-0.4, -0.2) is 6.61 Å². The van der Waals surface area contributed by atoms with Gasteiger partial charge in [0.05, 0.1) is 13.2 Å². The highest BCUT2D eigenvalue weighted by molar-refractivity contribution is 5.35. The lowest BCUT2D eigenvalue weighted by molar-refractivity contribution is -0.228. The third-order valence-electron chi connectivity index (χ3n) is 12.0. The molecule has 1 heteroatoms. The second kappa shape index (κ2) is 5.75. The smallest absolute Gasteiger partial charge is 0.0719 e. The van der Waals surface area contributed by atoms with Crippen molar-refractivity contribution in [3.8, 4) is 0 Å². The highest BCUT2D eigenvalue weighted by atomic mass is 16.5. The fourth-order valence-corrected chi connectivity index (χ4v) is 12.0. The molecule has 160 valence electrons. The van der Waals surface area contributed by atoms with Gasteiger partial charge >= 0.3 is 0 Å². The molecule has 0 amide bonds. The molecule has 0 aromatic heterocycles. The van der Waals surface area contributed by atoms with Crippen molar-refractivity contribution in [2.75, 3.05) is 6.61 Å². The maximum atomic E-state index is 6.28. The first-order valence-corrected chi connectivity index (χ1v) is 13.3. The van der Waals surface area contributed by atoms with Gasteiger partial charge in [-0.15, -0.1) is 0 Å². The fourth-order valence-electron chi connectivity index (χ4n) is 12.0. The molecule has 1 nitrogen and oxygen atoms in total. The Hall–Kier alpha value is -0.820. The van der Waals surface area contributed by atoms with Crippen molar-refractivity contribution in [3.63, 3.8) is 0 Å². The second-order valence-corrected chi connectivity index (χ2v) is 13.6. The highest BCUT2D eigenvalue weighted by Crippen LogP contribution is 2.78. The monoisotopic (exact) mass is 402 g/mol. The average molecular weight is 403 g/mol. The van der Waals surface area contributed by atoms with Gasteiger partial charge < -0.3 is 4.74 Å². The molecule has 3 atom stereocenters. The van der Waals surface area contributed by atoms with Crippen LogP contribution >= 0.6 is 0 Å². The normalized spacial score (nSPS) is 55.1. The second-order valence-electron chi connectivity index (χ2n) is 13.6. The Labute approximate surface area is 182 Å².